The van der Waals surface area contributed by atoms with Gasteiger partial charge in [0.25, 0.3) is 0 Å². The van der Waals surface area contributed by atoms with Crippen molar-refractivity contribution in [1.29, 1.82) is 0 Å². The molecular formula is C14H22N4O3S. The normalized spacial score (nSPS) is 16.7. The molecular weight excluding hydrogens is 304 g/mol. The average molecular weight is 326 g/mol. The number of primary sulfonamides is 1. The van der Waals surface area contributed by atoms with Crippen molar-refractivity contribution in [3.63, 3.8) is 0 Å². The maximum atomic E-state index is 11.6. The Labute approximate surface area is 130 Å². The summed E-state index contributed by atoms with van der Waals surface area (Å²) in [6.45, 7) is 0.276. The topological polar surface area (TPSA) is 120 Å². The highest BCUT2D eigenvalue weighted by atomic mass is 32.2. The Bertz CT molecular complexity index is 652. The number of sulfonamides is 1. The van der Waals surface area contributed by atoms with Crippen molar-refractivity contribution in [1.82, 2.24) is 5.32 Å². The molecule has 1 aliphatic rings. The SMILES string of the molecule is COc1ccc(CN=C(N)NC2CCCC2)cc1S(N)(=O)=O. The van der Waals surface area contributed by atoms with Gasteiger partial charge in [0.1, 0.15) is 10.6 Å². The molecule has 2 rings (SSSR count). The van der Waals surface area contributed by atoms with E-state index in [-0.39, 0.29) is 17.2 Å². The largest absolute Gasteiger partial charge is 0.495 e. The van der Waals surface area contributed by atoms with Gasteiger partial charge in [-0.05, 0) is 30.5 Å². The predicted molar refractivity (Wildman–Crippen MR) is 85.1 cm³/mol. The summed E-state index contributed by atoms with van der Waals surface area (Å²) >= 11 is 0. The Morgan fingerprint density at radius 3 is 2.68 bits per heavy atom. The van der Waals surface area contributed by atoms with Crippen molar-refractivity contribution < 1.29 is 13.2 Å². The quantitative estimate of drug-likeness (QED) is 0.543. The lowest BCUT2D eigenvalue weighted by atomic mass is 10.2. The lowest BCUT2D eigenvalue weighted by Crippen LogP contribution is -2.38. The van der Waals surface area contributed by atoms with Gasteiger partial charge in [-0.25, -0.2) is 18.5 Å². The number of ether oxygens (including phenoxy) is 1. The monoisotopic (exact) mass is 326 g/mol. The first kappa shape index (κ1) is 16.6. The van der Waals surface area contributed by atoms with E-state index in [0.717, 1.165) is 12.8 Å². The molecule has 22 heavy (non-hydrogen) atoms. The summed E-state index contributed by atoms with van der Waals surface area (Å²) in [6, 6.07) is 5.14. The maximum Gasteiger partial charge on any atom is 0.241 e. The van der Waals surface area contributed by atoms with Gasteiger partial charge in [0.2, 0.25) is 10.0 Å². The molecule has 0 amide bonds. The second-order valence-electron chi connectivity index (χ2n) is 5.36. The summed E-state index contributed by atoms with van der Waals surface area (Å²) in [5.74, 6) is 0.590. The molecule has 1 aromatic carbocycles. The van der Waals surface area contributed by atoms with E-state index in [0.29, 0.717) is 17.6 Å². The molecule has 0 aliphatic heterocycles. The summed E-state index contributed by atoms with van der Waals surface area (Å²) in [5, 5.41) is 8.36. The highest BCUT2D eigenvalue weighted by molar-refractivity contribution is 7.89. The van der Waals surface area contributed by atoms with Gasteiger partial charge in [-0.1, -0.05) is 18.9 Å². The fourth-order valence-electron chi connectivity index (χ4n) is 2.54. The fraction of sp³-hybridized carbons (Fsp3) is 0.500. The average Bonchev–Trinajstić information content (AvgIpc) is 2.96. The lowest BCUT2D eigenvalue weighted by molar-refractivity contribution is 0.402. The minimum absolute atomic E-state index is 0.0509. The van der Waals surface area contributed by atoms with Crippen molar-refractivity contribution in [2.24, 2.45) is 15.9 Å². The molecule has 0 spiro atoms. The first-order chi connectivity index (χ1) is 10.4. The Morgan fingerprint density at radius 1 is 1.41 bits per heavy atom. The number of aliphatic imine (C=N–C) groups is 1. The molecule has 0 unspecified atom stereocenters. The van der Waals surface area contributed by atoms with E-state index in [1.807, 2.05) is 0 Å². The van der Waals surface area contributed by atoms with E-state index in [1.54, 1.807) is 12.1 Å². The molecule has 0 radical (unpaired) electrons. The summed E-state index contributed by atoms with van der Waals surface area (Å²) in [5.41, 5.74) is 6.55. The van der Waals surface area contributed by atoms with Gasteiger partial charge in [-0.2, -0.15) is 0 Å². The van der Waals surface area contributed by atoms with E-state index < -0.39 is 10.0 Å². The maximum absolute atomic E-state index is 11.6. The molecule has 1 fully saturated rings. The number of guanidine groups is 1. The van der Waals surface area contributed by atoms with Crippen molar-refractivity contribution in [2.75, 3.05) is 7.11 Å². The second kappa shape index (κ2) is 6.97. The van der Waals surface area contributed by atoms with Crippen LogP contribution in [0, 0.1) is 0 Å². The zero-order valence-electron chi connectivity index (χ0n) is 12.6. The van der Waals surface area contributed by atoms with E-state index in [4.69, 9.17) is 15.6 Å². The molecule has 8 heteroatoms. The van der Waals surface area contributed by atoms with Crippen LogP contribution in [-0.2, 0) is 16.6 Å². The highest BCUT2D eigenvalue weighted by Gasteiger charge is 2.16. The van der Waals surface area contributed by atoms with Gasteiger partial charge < -0.3 is 15.8 Å². The smallest absolute Gasteiger partial charge is 0.241 e. The number of nitrogens with two attached hydrogens (primary N) is 2. The lowest BCUT2D eigenvalue weighted by Gasteiger charge is -2.12. The Kier molecular flexibility index (Phi) is 5.25. The van der Waals surface area contributed by atoms with Crippen molar-refractivity contribution in [3.8, 4) is 5.75 Å². The highest BCUT2D eigenvalue weighted by Crippen LogP contribution is 2.24. The van der Waals surface area contributed by atoms with Gasteiger partial charge in [0, 0.05) is 6.04 Å². The molecule has 7 nitrogen and oxygen atoms in total. The number of rotatable bonds is 5. The molecule has 1 aliphatic carbocycles. The number of nitrogens with zero attached hydrogens (tertiary/aromatic N) is 1. The van der Waals surface area contributed by atoms with Crippen LogP contribution in [-0.4, -0.2) is 27.5 Å². The standard InChI is InChI=1S/C14H22N4O3S/c1-21-12-7-6-10(8-13(12)22(16,19)20)9-17-14(15)18-11-4-2-3-5-11/h6-8,11H,2-5,9H2,1H3,(H3,15,17,18)(H2,16,19,20). The Balaban J connectivity index is 2.09. The van der Waals surface area contributed by atoms with Crippen LogP contribution in [0.4, 0.5) is 0 Å². The molecule has 0 aromatic heterocycles. The molecule has 0 bridgehead atoms. The number of nitrogens with one attached hydrogen (secondary N) is 1. The van der Waals surface area contributed by atoms with Crippen LogP contribution in [0.1, 0.15) is 31.2 Å². The number of methoxy groups -OCH3 is 1. The van der Waals surface area contributed by atoms with E-state index in [2.05, 4.69) is 10.3 Å². The predicted octanol–water partition coefficient (Wildman–Crippen LogP) is 0.690. The minimum Gasteiger partial charge on any atom is -0.495 e. The van der Waals surface area contributed by atoms with E-state index in [9.17, 15) is 8.42 Å². The van der Waals surface area contributed by atoms with E-state index >= 15 is 0 Å². The zero-order valence-corrected chi connectivity index (χ0v) is 13.4. The summed E-state index contributed by atoms with van der Waals surface area (Å²) < 4.78 is 28.1. The summed E-state index contributed by atoms with van der Waals surface area (Å²) in [7, 11) is -2.45. The Hall–Kier alpha value is -1.80. The molecule has 0 saturated heterocycles. The first-order valence-corrected chi connectivity index (χ1v) is 8.71. The molecule has 5 N–H and O–H groups in total. The van der Waals surface area contributed by atoms with Crippen LogP contribution < -0.4 is 20.9 Å². The summed E-state index contributed by atoms with van der Waals surface area (Å²) in [4.78, 5) is 4.19. The minimum atomic E-state index is -3.85. The van der Waals surface area contributed by atoms with Crippen molar-refractivity contribution >= 4 is 16.0 Å². The molecule has 1 aromatic rings. The van der Waals surface area contributed by atoms with Crippen LogP contribution in [0.3, 0.4) is 0 Å². The number of hydrogen-bond donors (Lipinski definition) is 3. The first-order valence-electron chi connectivity index (χ1n) is 7.16. The van der Waals surface area contributed by atoms with Gasteiger partial charge >= 0.3 is 0 Å². The third kappa shape index (κ3) is 4.35. The van der Waals surface area contributed by atoms with Gasteiger partial charge in [-0.15, -0.1) is 0 Å². The van der Waals surface area contributed by atoms with Crippen LogP contribution >= 0.6 is 0 Å². The number of hydrogen-bond acceptors (Lipinski definition) is 4. The summed E-state index contributed by atoms with van der Waals surface area (Å²) in [6.07, 6.45) is 4.63. The second-order valence-corrected chi connectivity index (χ2v) is 6.89. The third-order valence-corrected chi connectivity index (χ3v) is 4.61. The van der Waals surface area contributed by atoms with Gasteiger partial charge in [0.05, 0.1) is 13.7 Å². The van der Waals surface area contributed by atoms with Crippen molar-refractivity contribution in [3.05, 3.63) is 23.8 Å². The molecule has 0 heterocycles. The van der Waals surface area contributed by atoms with Gasteiger partial charge in [0.15, 0.2) is 5.96 Å². The van der Waals surface area contributed by atoms with Crippen LogP contribution in [0.2, 0.25) is 0 Å². The van der Waals surface area contributed by atoms with Gasteiger partial charge in [-0.3, -0.25) is 0 Å². The fourth-order valence-corrected chi connectivity index (χ4v) is 3.29. The number of benzene rings is 1. The van der Waals surface area contributed by atoms with Crippen LogP contribution in [0.5, 0.6) is 5.75 Å². The van der Waals surface area contributed by atoms with Crippen LogP contribution in [0.25, 0.3) is 0 Å². The van der Waals surface area contributed by atoms with E-state index in [1.165, 1.54) is 26.0 Å². The molecule has 1 saturated carbocycles. The Morgan fingerprint density at radius 2 is 2.09 bits per heavy atom. The molecule has 122 valence electrons. The van der Waals surface area contributed by atoms with Crippen molar-refractivity contribution in [2.45, 2.75) is 43.2 Å². The molecule has 0 atom stereocenters. The third-order valence-electron chi connectivity index (χ3n) is 3.67. The zero-order chi connectivity index (χ0) is 16.2. The van der Waals surface area contributed by atoms with Crippen LogP contribution in [0.15, 0.2) is 28.1 Å².